The number of hydrazone groups is 1. The van der Waals surface area contributed by atoms with Crippen LogP contribution in [0.15, 0.2) is 57.4 Å². The van der Waals surface area contributed by atoms with Gasteiger partial charge in [-0.2, -0.15) is 5.10 Å². The number of hydrogen-bond acceptors (Lipinski definition) is 6. The molecule has 0 saturated carbocycles. The Labute approximate surface area is 178 Å². The minimum atomic E-state index is -1.13. The molecule has 0 spiro atoms. The van der Waals surface area contributed by atoms with Crippen LogP contribution in [0.3, 0.4) is 0 Å². The number of benzene rings is 2. The summed E-state index contributed by atoms with van der Waals surface area (Å²) >= 11 is 4.74. The van der Waals surface area contributed by atoms with E-state index in [0.29, 0.717) is 16.2 Å². The molecule has 148 valence electrons. The third kappa shape index (κ3) is 4.47. The van der Waals surface area contributed by atoms with E-state index in [4.69, 9.17) is 10.8 Å². The van der Waals surface area contributed by atoms with E-state index in [1.807, 2.05) is 24.3 Å². The number of aromatic carboxylic acids is 1. The van der Waals surface area contributed by atoms with Crippen LogP contribution in [0.2, 0.25) is 0 Å². The normalized spacial score (nSPS) is 11.3. The molecular formula is C20H16BrN3O4S. The Morgan fingerprint density at radius 3 is 2.45 bits per heavy atom. The highest BCUT2D eigenvalue weighted by molar-refractivity contribution is 9.10. The second-order valence-corrected chi connectivity index (χ2v) is 7.87. The number of carboxylic acids is 1. The number of amides is 1. The minimum Gasteiger partial charge on any atom is -0.506 e. The summed E-state index contributed by atoms with van der Waals surface area (Å²) < 4.78 is 0.939. The van der Waals surface area contributed by atoms with Crippen molar-refractivity contribution >= 4 is 50.5 Å². The van der Waals surface area contributed by atoms with E-state index < -0.39 is 11.9 Å². The number of carbonyl (C=O) groups is 2. The van der Waals surface area contributed by atoms with Gasteiger partial charge in [-0.1, -0.05) is 28.1 Å². The number of halogens is 1. The van der Waals surface area contributed by atoms with Crippen molar-refractivity contribution in [2.24, 2.45) is 5.10 Å². The summed E-state index contributed by atoms with van der Waals surface area (Å²) in [5.41, 5.74) is 10.1. The van der Waals surface area contributed by atoms with E-state index in [1.54, 1.807) is 12.3 Å². The second-order valence-electron chi connectivity index (χ2n) is 6.08. The highest BCUT2D eigenvalue weighted by atomic mass is 79.9. The van der Waals surface area contributed by atoms with Crippen LogP contribution < -0.4 is 11.2 Å². The van der Waals surface area contributed by atoms with E-state index >= 15 is 0 Å². The average Bonchev–Trinajstić information content (AvgIpc) is 3.07. The lowest BCUT2D eigenvalue weighted by Crippen LogP contribution is -2.20. The first kappa shape index (κ1) is 20.6. The molecule has 7 nitrogen and oxygen atoms in total. The van der Waals surface area contributed by atoms with Crippen molar-refractivity contribution in [3.8, 4) is 16.2 Å². The molecule has 0 unspecified atom stereocenters. The molecule has 2 aromatic carbocycles. The van der Waals surface area contributed by atoms with Crippen LogP contribution in [0.4, 0.5) is 5.69 Å². The number of hydrogen-bond donors (Lipinski definition) is 4. The number of nitrogens with zero attached hydrogens (tertiary/aromatic N) is 1. The number of aromatic hydroxyl groups is 1. The topological polar surface area (TPSA) is 125 Å². The van der Waals surface area contributed by atoms with Gasteiger partial charge in [0.1, 0.15) is 5.75 Å². The molecule has 0 bridgehead atoms. The predicted molar refractivity (Wildman–Crippen MR) is 117 cm³/mol. The van der Waals surface area contributed by atoms with Gasteiger partial charge in [0.05, 0.1) is 27.3 Å². The number of nitrogen functional groups attached to an aromatic ring is 1. The first-order valence-electron chi connectivity index (χ1n) is 8.32. The molecule has 29 heavy (non-hydrogen) atoms. The molecule has 0 aliphatic rings. The molecule has 0 aliphatic heterocycles. The number of nitrogens with one attached hydrogen (secondary N) is 1. The van der Waals surface area contributed by atoms with Gasteiger partial charge in [0.25, 0.3) is 5.91 Å². The first-order valence-corrected chi connectivity index (χ1v) is 9.99. The fourth-order valence-electron chi connectivity index (χ4n) is 2.57. The summed E-state index contributed by atoms with van der Waals surface area (Å²) in [5, 5.41) is 25.3. The summed E-state index contributed by atoms with van der Waals surface area (Å²) in [4.78, 5) is 24.0. The molecule has 1 aromatic heterocycles. The molecular weight excluding hydrogens is 458 g/mol. The summed E-state index contributed by atoms with van der Waals surface area (Å²) in [6, 6.07) is 11.4. The zero-order valence-electron chi connectivity index (χ0n) is 15.1. The lowest BCUT2D eigenvalue weighted by atomic mass is 10.1. The molecule has 5 N–H and O–H groups in total. The highest BCUT2D eigenvalue weighted by Crippen LogP contribution is 2.39. The predicted octanol–water partition coefficient (Wildman–Crippen LogP) is 4.32. The van der Waals surface area contributed by atoms with Gasteiger partial charge in [-0.15, -0.1) is 11.3 Å². The maximum atomic E-state index is 12.3. The Bertz CT molecular complexity index is 1120. The van der Waals surface area contributed by atoms with E-state index in [-0.39, 0.29) is 22.6 Å². The van der Waals surface area contributed by atoms with Crippen molar-refractivity contribution in [1.29, 1.82) is 0 Å². The molecule has 9 heteroatoms. The maximum absolute atomic E-state index is 12.3. The Kier molecular flexibility index (Phi) is 6.00. The monoisotopic (exact) mass is 473 g/mol. The van der Waals surface area contributed by atoms with Crippen LogP contribution in [-0.2, 0) is 0 Å². The van der Waals surface area contributed by atoms with Gasteiger partial charge in [-0.25, -0.2) is 10.2 Å². The number of thiophene rings is 1. The Morgan fingerprint density at radius 2 is 1.83 bits per heavy atom. The van der Waals surface area contributed by atoms with Crippen molar-refractivity contribution in [1.82, 2.24) is 5.43 Å². The highest BCUT2D eigenvalue weighted by Gasteiger charge is 2.16. The van der Waals surface area contributed by atoms with Crippen LogP contribution in [-0.4, -0.2) is 27.8 Å². The van der Waals surface area contributed by atoms with Gasteiger partial charge >= 0.3 is 5.97 Å². The van der Waals surface area contributed by atoms with Crippen LogP contribution in [0.25, 0.3) is 10.4 Å². The molecule has 0 aliphatic carbocycles. The van der Waals surface area contributed by atoms with Gasteiger partial charge in [-0.3, -0.25) is 4.79 Å². The van der Waals surface area contributed by atoms with Gasteiger partial charge in [-0.05, 0) is 42.8 Å². The third-order valence-electron chi connectivity index (χ3n) is 4.13. The third-order valence-corrected chi connectivity index (χ3v) is 5.68. The first-order chi connectivity index (χ1) is 13.8. The minimum absolute atomic E-state index is 0.0117. The Balaban J connectivity index is 1.79. The molecule has 0 fully saturated rings. The van der Waals surface area contributed by atoms with Crippen molar-refractivity contribution in [2.75, 3.05) is 5.73 Å². The van der Waals surface area contributed by atoms with E-state index in [1.165, 1.54) is 29.5 Å². The molecule has 0 atom stereocenters. The van der Waals surface area contributed by atoms with Crippen LogP contribution >= 0.6 is 27.3 Å². The lowest BCUT2D eigenvalue weighted by molar-refractivity contribution is 0.0696. The molecule has 1 heterocycles. The van der Waals surface area contributed by atoms with Crippen LogP contribution in [0.1, 0.15) is 33.2 Å². The smallest absolute Gasteiger partial charge is 0.335 e. The number of nitrogens with two attached hydrogens (primary N) is 1. The number of carboxylic acid groups (broad SMARTS) is 1. The molecule has 1 amide bonds. The maximum Gasteiger partial charge on any atom is 0.335 e. The van der Waals surface area contributed by atoms with Crippen molar-refractivity contribution in [3.63, 3.8) is 0 Å². The van der Waals surface area contributed by atoms with Crippen LogP contribution in [0, 0.1) is 0 Å². The Hall–Kier alpha value is -3.17. The summed E-state index contributed by atoms with van der Waals surface area (Å²) in [6.45, 7) is 1.66. The van der Waals surface area contributed by atoms with E-state index in [2.05, 4.69) is 26.5 Å². The van der Waals surface area contributed by atoms with E-state index in [0.717, 1.165) is 10.0 Å². The lowest BCUT2D eigenvalue weighted by Gasteiger charge is -2.06. The van der Waals surface area contributed by atoms with Crippen LogP contribution in [0.5, 0.6) is 5.75 Å². The van der Waals surface area contributed by atoms with Gasteiger partial charge in [0.15, 0.2) is 0 Å². The number of carbonyl (C=O) groups excluding carboxylic acids is 1. The number of anilines is 1. The summed E-state index contributed by atoms with van der Waals surface area (Å²) in [7, 11) is 0. The Morgan fingerprint density at radius 1 is 1.14 bits per heavy atom. The largest absolute Gasteiger partial charge is 0.506 e. The standard InChI is InChI=1S/C20H16BrN3O4S/c1-10(15-9-29-18(17(15)25)11-2-5-13(21)6-3-11)23-24-19(26)14-7-4-12(20(27)28)8-16(14)22/h2-9,25H,22H2,1H3,(H,24,26)(H,27,28). The van der Waals surface area contributed by atoms with Crippen molar-refractivity contribution in [3.05, 3.63) is 69.0 Å². The van der Waals surface area contributed by atoms with Gasteiger partial charge in [0, 0.05) is 15.5 Å². The zero-order chi connectivity index (χ0) is 21.1. The van der Waals surface area contributed by atoms with E-state index in [9.17, 15) is 14.7 Å². The fraction of sp³-hybridized carbons (Fsp3) is 0.0500. The van der Waals surface area contributed by atoms with Crippen molar-refractivity contribution in [2.45, 2.75) is 6.92 Å². The molecule has 0 saturated heterocycles. The zero-order valence-corrected chi connectivity index (χ0v) is 17.5. The SMILES string of the molecule is CC(=NNC(=O)c1ccc(C(=O)O)cc1N)c1csc(-c2ccc(Br)cc2)c1O. The molecule has 0 radical (unpaired) electrons. The quantitative estimate of drug-likeness (QED) is 0.249. The second kappa shape index (κ2) is 8.46. The summed E-state index contributed by atoms with van der Waals surface area (Å²) in [5.74, 6) is -1.63. The van der Waals surface area contributed by atoms with Gasteiger partial charge in [0.2, 0.25) is 0 Å². The van der Waals surface area contributed by atoms with Crippen molar-refractivity contribution < 1.29 is 19.8 Å². The fourth-order valence-corrected chi connectivity index (χ4v) is 3.85. The molecule has 3 rings (SSSR count). The average molecular weight is 474 g/mol. The molecule has 3 aromatic rings. The van der Waals surface area contributed by atoms with Gasteiger partial charge < -0.3 is 15.9 Å². The summed E-state index contributed by atoms with van der Waals surface area (Å²) in [6.07, 6.45) is 0. The number of rotatable bonds is 5.